The van der Waals surface area contributed by atoms with Crippen molar-refractivity contribution < 1.29 is 28.9 Å². The van der Waals surface area contributed by atoms with Gasteiger partial charge in [-0.2, -0.15) is 0 Å². The van der Waals surface area contributed by atoms with Crippen LogP contribution in [0.2, 0.25) is 0 Å². The van der Waals surface area contributed by atoms with E-state index in [0.29, 0.717) is 54.7 Å². The third-order valence-electron chi connectivity index (χ3n) is 5.43. The van der Waals surface area contributed by atoms with Crippen molar-refractivity contribution in [2.75, 3.05) is 34.0 Å². The number of hydrogen-bond donors (Lipinski definition) is 1. The maximum Gasteiger partial charge on any atom is 0.295 e. The normalized spacial score (nSPS) is 17.6. The molecule has 1 saturated heterocycles. The summed E-state index contributed by atoms with van der Waals surface area (Å²) in [5, 5.41) is 11.1. The molecule has 1 heterocycles. The van der Waals surface area contributed by atoms with E-state index in [0.717, 1.165) is 0 Å². The Labute approximate surface area is 194 Å². The second kappa shape index (κ2) is 11.0. The van der Waals surface area contributed by atoms with Gasteiger partial charge in [-0.3, -0.25) is 9.59 Å². The Bertz CT molecular complexity index is 994. The molecule has 1 N–H and O–H groups in total. The van der Waals surface area contributed by atoms with E-state index in [2.05, 4.69) is 13.8 Å². The predicted octanol–water partition coefficient (Wildman–Crippen LogP) is 4.19. The Morgan fingerprint density at radius 1 is 1.00 bits per heavy atom. The van der Waals surface area contributed by atoms with Crippen molar-refractivity contribution in [3.63, 3.8) is 0 Å². The third kappa shape index (κ3) is 5.54. The highest BCUT2D eigenvalue weighted by atomic mass is 16.5. The fourth-order valence-electron chi connectivity index (χ4n) is 3.75. The number of nitrogens with zero attached hydrogens (tertiary/aromatic N) is 1. The van der Waals surface area contributed by atoms with E-state index in [9.17, 15) is 14.7 Å². The first-order valence-corrected chi connectivity index (χ1v) is 11.0. The highest BCUT2D eigenvalue weighted by Crippen LogP contribution is 2.40. The minimum atomic E-state index is -0.704. The molecule has 0 bridgehead atoms. The molecule has 0 spiro atoms. The molecule has 7 heteroatoms. The van der Waals surface area contributed by atoms with Crippen LogP contribution in [-0.2, 0) is 14.3 Å². The second-order valence-electron chi connectivity index (χ2n) is 8.34. The lowest BCUT2D eigenvalue weighted by molar-refractivity contribution is -0.140. The molecule has 2 aromatic rings. The average molecular weight is 454 g/mol. The molecule has 3 rings (SSSR count). The molecule has 33 heavy (non-hydrogen) atoms. The Morgan fingerprint density at radius 3 is 2.21 bits per heavy atom. The third-order valence-corrected chi connectivity index (χ3v) is 5.43. The lowest BCUT2D eigenvalue weighted by Crippen LogP contribution is -2.31. The van der Waals surface area contributed by atoms with Gasteiger partial charge in [0.05, 0.1) is 25.3 Å². The van der Waals surface area contributed by atoms with Crippen LogP contribution in [-0.4, -0.2) is 55.7 Å². The number of hydrogen-bond acceptors (Lipinski definition) is 6. The standard InChI is InChI=1S/C26H31NO6/c1-17(2)16-33-21-12-8-19(9-13-21)24(28)22-23(18-6-10-20(32-4)11-7-18)27(14-5-15-31-3)26(30)25(22)29/h6-13,17,23,28H,5,14-16H2,1-4H3/b24-22-. The van der Waals surface area contributed by atoms with E-state index in [-0.39, 0.29) is 11.3 Å². The van der Waals surface area contributed by atoms with Crippen LogP contribution in [0.3, 0.4) is 0 Å². The molecule has 1 amide bonds. The summed E-state index contributed by atoms with van der Waals surface area (Å²) in [5.41, 5.74) is 1.23. The second-order valence-corrected chi connectivity index (χ2v) is 8.34. The van der Waals surface area contributed by atoms with E-state index in [1.807, 2.05) is 0 Å². The maximum absolute atomic E-state index is 13.0. The minimum absolute atomic E-state index is 0.0680. The number of aliphatic hydroxyl groups is 1. The van der Waals surface area contributed by atoms with Crippen molar-refractivity contribution >= 4 is 17.4 Å². The van der Waals surface area contributed by atoms with Gasteiger partial charge < -0.3 is 24.2 Å². The Kier molecular flexibility index (Phi) is 8.11. The molecule has 1 unspecified atom stereocenters. The molecule has 1 aliphatic heterocycles. The summed E-state index contributed by atoms with van der Waals surface area (Å²) in [6.07, 6.45) is 0.568. The van der Waals surface area contributed by atoms with E-state index in [1.165, 1.54) is 4.90 Å². The minimum Gasteiger partial charge on any atom is -0.507 e. The van der Waals surface area contributed by atoms with Crippen LogP contribution in [0.1, 0.15) is 37.4 Å². The molecule has 2 aromatic carbocycles. The van der Waals surface area contributed by atoms with E-state index in [1.54, 1.807) is 62.8 Å². The fourth-order valence-corrected chi connectivity index (χ4v) is 3.75. The smallest absolute Gasteiger partial charge is 0.295 e. The zero-order valence-electron chi connectivity index (χ0n) is 19.5. The van der Waals surface area contributed by atoms with E-state index >= 15 is 0 Å². The van der Waals surface area contributed by atoms with Gasteiger partial charge in [-0.05, 0) is 54.3 Å². The summed E-state index contributed by atoms with van der Waals surface area (Å²) < 4.78 is 16.0. The summed E-state index contributed by atoms with van der Waals surface area (Å²) in [6.45, 7) is 5.48. The Morgan fingerprint density at radius 2 is 1.64 bits per heavy atom. The van der Waals surface area contributed by atoms with Crippen molar-refractivity contribution in [2.45, 2.75) is 26.3 Å². The van der Waals surface area contributed by atoms with E-state index < -0.39 is 17.7 Å². The lowest BCUT2D eigenvalue weighted by Gasteiger charge is -2.25. The largest absolute Gasteiger partial charge is 0.507 e. The number of rotatable bonds is 10. The highest BCUT2D eigenvalue weighted by molar-refractivity contribution is 6.46. The number of amides is 1. The first-order valence-electron chi connectivity index (χ1n) is 11.0. The van der Waals surface area contributed by atoms with Gasteiger partial charge in [-0.15, -0.1) is 0 Å². The van der Waals surface area contributed by atoms with Gasteiger partial charge in [0.25, 0.3) is 11.7 Å². The summed E-state index contributed by atoms with van der Waals surface area (Å²) in [7, 11) is 3.16. The van der Waals surface area contributed by atoms with E-state index in [4.69, 9.17) is 14.2 Å². The van der Waals surface area contributed by atoms with Crippen LogP contribution < -0.4 is 9.47 Å². The zero-order valence-corrected chi connectivity index (χ0v) is 19.5. The molecular weight excluding hydrogens is 422 g/mol. The van der Waals surface area contributed by atoms with Gasteiger partial charge in [0, 0.05) is 25.8 Å². The van der Waals surface area contributed by atoms with Crippen molar-refractivity contribution in [1.29, 1.82) is 0 Å². The summed E-state index contributed by atoms with van der Waals surface area (Å²) >= 11 is 0. The van der Waals surface area contributed by atoms with Crippen molar-refractivity contribution in [3.8, 4) is 11.5 Å². The SMILES string of the molecule is COCCCN1C(=O)C(=O)/C(=C(\O)c2ccc(OCC(C)C)cc2)C1c1ccc(OC)cc1. The Hall–Kier alpha value is -3.32. The number of ketones is 1. The number of methoxy groups -OCH3 is 2. The number of ether oxygens (including phenoxy) is 3. The number of aliphatic hydroxyl groups excluding tert-OH is 1. The van der Waals surface area contributed by atoms with Crippen LogP contribution in [0.4, 0.5) is 0 Å². The topological polar surface area (TPSA) is 85.3 Å². The average Bonchev–Trinajstić information content (AvgIpc) is 3.08. The summed E-state index contributed by atoms with van der Waals surface area (Å²) in [5.74, 6) is 0.172. The fraction of sp³-hybridized carbons (Fsp3) is 0.385. The van der Waals surface area contributed by atoms with Crippen molar-refractivity contribution in [1.82, 2.24) is 4.90 Å². The van der Waals surface area contributed by atoms with Gasteiger partial charge in [0.1, 0.15) is 17.3 Å². The molecule has 176 valence electrons. The molecule has 0 saturated carbocycles. The van der Waals surface area contributed by atoms with Crippen molar-refractivity contribution in [3.05, 3.63) is 65.2 Å². The van der Waals surface area contributed by atoms with Crippen LogP contribution in [0.15, 0.2) is 54.1 Å². The van der Waals surface area contributed by atoms with Gasteiger partial charge in [0.2, 0.25) is 0 Å². The van der Waals surface area contributed by atoms with Crippen LogP contribution in [0, 0.1) is 5.92 Å². The van der Waals surface area contributed by atoms with Crippen molar-refractivity contribution in [2.24, 2.45) is 5.92 Å². The molecule has 1 aliphatic rings. The summed E-state index contributed by atoms with van der Waals surface area (Å²) in [6, 6.07) is 13.3. The first-order chi connectivity index (χ1) is 15.9. The number of Topliss-reactive ketones (excluding diaryl/α,β-unsaturated/α-hetero) is 1. The monoisotopic (exact) mass is 453 g/mol. The van der Waals surface area contributed by atoms with Crippen LogP contribution >= 0.6 is 0 Å². The summed E-state index contributed by atoms with van der Waals surface area (Å²) in [4.78, 5) is 27.4. The maximum atomic E-state index is 13.0. The number of benzene rings is 2. The zero-order chi connectivity index (χ0) is 24.0. The van der Waals surface area contributed by atoms with Gasteiger partial charge in [-0.1, -0.05) is 26.0 Å². The molecule has 0 radical (unpaired) electrons. The van der Waals surface area contributed by atoms with Crippen LogP contribution in [0.5, 0.6) is 11.5 Å². The predicted molar refractivity (Wildman–Crippen MR) is 125 cm³/mol. The molecule has 0 aliphatic carbocycles. The molecule has 1 fully saturated rings. The Balaban J connectivity index is 2.00. The number of carbonyl (C=O) groups is 2. The lowest BCUT2D eigenvalue weighted by atomic mass is 9.95. The highest BCUT2D eigenvalue weighted by Gasteiger charge is 2.45. The van der Waals surface area contributed by atoms with Crippen LogP contribution in [0.25, 0.3) is 5.76 Å². The molecule has 0 aromatic heterocycles. The molecular formula is C26H31NO6. The van der Waals surface area contributed by atoms with Gasteiger partial charge in [-0.25, -0.2) is 0 Å². The first kappa shape index (κ1) is 24.3. The quantitative estimate of drug-likeness (QED) is 0.251. The number of likely N-dealkylation sites (tertiary alicyclic amines) is 1. The van der Waals surface area contributed by atoms with Gasteiger partial charge >= 0.3 is 0 Å². The number of carbonyl (C=O) groups excluding carboxylic acids is 2. The molecule has 7 nitrogen and oxygen atoms in total. The molecule has 1 atom stereocenters. The van der Waals surface area contributed by atoms with Gasteiger partial charge in [0.15, 0.2) is 0 Å².